The molecule has 0 heterocycles. The van der Waals surface area contributed by atoms with Crippen molar-refractivity contribution in [1.29, 1.82) is 0 Å². The maximum Gasteiger partial charge on any atom is 0.296 e. The minimum atomic E-state index is -3.73. The quantitative estimate of drug-likeness (QED) is 0.367. The van der Waals surface area contributed by atoms with E-state index in [2.05, 4.69) is 0 Å². The van der Waals surface area contributed by atoms with Gasteiger partial charge in [-0.3, -0.25) is 4.18 Å². The Balaban J connectivity index is 1.65. The fourth-order valence-corrected chi connectivity index (χ4v) is 3.09. The Labute approximate surface area is 149 Å². The molecule has 2 rings (SSSR count). The highest BCUT2D eigenvalue weighted by Crippen LogP contribution is 2.14. The van der Waals surface area contributed by atoms with Crippen LogP contribution in [-0.2, 0) is 30.4 Å². The lowest BCUT2D eigenvalue weighted by atomic mass is 10.2. The molecular formula is C19H24O5S. The molecule has 0 aromatic heterocycles. The minimum Gasteiger partial charge on any atom is -0.355 e. The van der Waals surface area contributed by atoms with Gasteiger partial charge in [0.05, 0.1) is 24.7 Å². The number of hydrogen-bond acceptors (Lipinski definition) is 5. The van der Waals surface area contributed by atoms with Gasteiger partial charge in [0.25, 0.3) is 10.1 Å². The fraction of sp³-hybridized carbons (Fsp3) is 0.368. The van der Waals surface area contributed by atoms with Crippen LogP contribution in [0.25, 0.3) is 0 Å². The molecule has 0 aliphatic rings. The van der Waals surface area contributed by atoms with Crippen LogP contribution in [0.3, 0.4) is 0 Å². The molecule has 0 spiro atoms. The van der Waals surface area contributed by atoms with E-state index >= 15 is 0 Å². The van der Waals surface area contributed by atoms with E-state index in [4.69, 9.17) is 13.7 Å². The van der Waals surface area contributed by atoms with Gasteiger partial charge in [-0.25, -0.2) is 0 Å². The molecule has 6 heteroatoms. The third-order valence-electron chi connectivity index (χ3n) is 3.50. The summed E-state index contributed by atoms with van der Waals surface area (Å²) in [5.41, 5.74) is 2.07. The number of rotatable bonds is 10. The molecule has 0 radical (unpaired) electrons. The molecule has 2 aromatic rings. The van der Waals surface area contributed by atoms with Crippen LogP contribution in [0.5, 0.6) is 0 Å². The van der Waals surface area contributed by atoms with Gasteiger partial charge in [0.2, 0.25) is 0 Å². The van der Waals surface area contributed by atoms with Crippen molar-refractivity contribution in [3.8, 4) is 0 Å². The summed E-state index contributed by atoms with van der Waals surface area (Å²) < 4.78 is 40.1. The van der Waals surface area contributed by atoms with Crippen molar-refractivity contribution < 1.29 is 22.1 Å². The lowest BCUT2D eigenvalue weighted by Crippen LogP contribution is -2.17. The second kappa shape index (κ2) is 9.68. The van der Waals surface area contributed by atoms with E-state index in [1.54, 1.807) is 24.3 Å². The van der Waals surface area contributed by atoms with E-state index in [0.29, 0.717) is 13.2 Å². The van der Waals surface area contributed by atoms with Gasteiger partial charge >= 0.3 is 0 Å². The average Bonchev–Trinajstić information content (AvgIpc) is 2.61. The highest BCUT2D eigenvalue weighted by atomic mass is 32.2. The van der Waals surface area contributed by atoms with E-state index in [9.17, 15) is 8.42 Å². The molecule has 0 N–H and O–H groups in total. The Morgan fingerprint density at radius 2 is 1.60 bits per heavy atom. The van der Waals surface area contributed by atoms with E-state index in [-0.39, 0.29) is 24.2 Å². The first-order valence-corrected chi connectivity index (χ1v) is 9.54. The van der Waals surface area contributed by atoms with E-state index in [1.807, 2.05) is 44.2 Å². The van der Waals surface area contributed by atoms with E-state index < -0.39 is 10.1 Å². The lowest BCUT2D eigenvalue weighted by Gasteiger charge is -2.13. The summed E-state index contributed by atoms with van der Waals surface area (Å²) in [5, 5.41) is 0. The molecule has 136 valence electrons. The second-order valence-electron chi connectivity index (χ2n) is 5.98. The Bertz CT molecular complexity index is 726. The standard InChI is InChI=1S/C19H24O5S/c1-16-8-10-19(11-9-16)25(20,21)24-13-17(2)12-22-15-23-14-18-6-4-3-5-7-18/h3-11,17H,12-15H2,1-2H3/t17-/m1/s1. The van der Waals surface area contributed by atoms with Crippen LogP contribution in [-0.4, -0.2) is 28.4 Å². The van der Waals surface area contributed by atoms with Gasteiger partial charge in [0.1, 0.15) is 6.79 Å². The average molecular weight is 364 g/mol. The number of aryl methyl sites for hydroxylation is 1. The Morgan fingerprint density at radius 3 is 2.28 bits per heavy atom. The smallest absolute Gasteiger partial charge is 0.296 e. The fourth-order valence-electron chi connectivity index (χ4n) is 2.07. The normalized spacial score (nSPS) is 12.9. The summed E-state index contributed by atoms with van der Waals surface area (Å²) in [6.45, 7) is 4.82. The minimum absolute atomic E-state index is 0.0644. The molecule has 0 aliphatic heterocycles. The molecule has 0 aliphatic carbocycles. The van der Waals surface area contributed by atoms with Gasteiger partial charge in [-0.05, 0) is 24.6 Å². The van der Waals surface area contributed by atoms with Crippen LogP contribution < -0.4 is 0 Å². The zero-order chi connectivity index (χ0) is 18.1. The maximum absolute atomic E-state index is 12.1. The zero-order valence-electron chi connectivity index (χ0n) is 14.6. The summed E-state index contributed by atoms with van der Waals surface area (Å²) >= 11 is 0. The monoisotopic (exact) mass is 364 g/mol. The Hall–Kier alpha value is -1.73. The van der Waals surface area contributed by atoms with Gasteiger partial charge in [0.15, 0.2) is 0 Å². The molecule has 0 fully saturated rings. The van der Waals surface area contributed by atoms with Crippen LogP contribution in [0.15, 0.2) is 59.5 Å². The molecular weight excluding hydrogens is 340 g/mol. The SMILES string of the molecule is Cc1ccc(S(=O)(=O)OC[C@H](C)COCOCc2ccccc2)cc1. The van der Waals surface area contributed by atoms with Crippen LogP contribution >= 0.6 is 0 Å². The van der Waals surface area contributed by atoms with Crippen molar-refractivity contribution in [1.82, 2.24) is 0 Å². The van der Waals surface area contributed by atoms with Crippen molar-refractivity contribution in [2.45, 2.75) is 25.3 Å². The summed E-state index contributed by atoms with van der Waals surface area (Å²) in [6.07, 6.45) is 0. The van der Waals surface area contributed by atoms with Crippen LogP contribution in [0, 0.1) is 12.8 Å². The summed E-state index contributed by atoms with van der Waals surface area (Å²) in [5.74, 6) is -0.0689. The van der Waals surface area contributed by atoms with Gasteiger partial charge in [-0.15, -0.1) is 0 Å². The molecule has 1 atom stereocenters. The first-order valence-electron chi connectivity index (χ1n) is 8.13. The summed E-state index contributed by atoms with van der Waals surface area (Å²) in [6, 6.07) is 16.4. The van der Waals surface area contributed by atoms with Crippen molar-refractivity contribution >= 4 is 10.1 Å². The summed E-state index contributed by atoms with van der Waals surface area (Å²) in [7, 11) is -3.73. The number of benzene rings is 2. The molecule has 0 amide bonds. The van der Waals surface area contributed by atoms with Crippen molar-refractivity contribution in [2.24, 2.45) is 5.92 Å². The van der Waals surface area contributed by atoms with Crippen LogP contribution in [0.1, 0.15) is 18.1 Å². The zero-order valence-corrected chi connectivity index (χ0v) is 15.4. The Morgan fingerprint density at radius 1 is 0.920 bits per heavy atom. The van der Waals surface area contributed by atoms with Crippen molar-refractivity contribution in [3.05, 3.63) is 65.7 Å². The van der Waals surface area contributed by atoms with Gasteiger partial charge in [-0.2, -0.15) is 8.42 Å². The Kier molecular flexibility index (Phi) is 7.58. The van der Waals surface area contributed by atoms with Gasteiger partial charge in [0, 0.05) is 5.92 Å². The van der Waals surface area contributed by atoms with Crippen LogP contribution in [0.2, 0.25) is 0 Å². The number of hydrogen-bond donors (Lipinski definition) is 0. The molecule has 5 nitrogen and oxygen atoms in total. The largest absolute Gasteiger partial charge is 0.355 e. The molecule has 0 unspecified atom stereocenters. The highest BCUT2D eigenvalue weighted by molar-refractivity contribution is 7.86. The van der Waals surface area contributed by atoms with E-state index in [1.165, 1.54) is 0 Å². The first-order chi connectivity index (χ1) is 12.0. The predicted octanol–water partition coefficient (Wildman–Crippen LogP) is 3.53. The number of ether oxygens (including phenoxy) is 2. The third-order valence-corrected chi connectivity index (χ3v) is 4.79. The molecule has 2 aromatic carbocycles. The van der Waals surface area contributed by atoms with Crippen molar-refractivity contribution in [3.63, 3.8) is 0 Å². The van der Waals surface area contributed by atoms with Gasteiger partial charge < -0.3 is 9.47 Å². The van der Waals surface area contributed by atoms with Gasteiger partial charge in [-0.1, -0.05) is 55.0 Å². The lowest BCUT2D eigenvalue weighted by molar-refractivity contribution is -0.0728. The van der Waals surface area contributed by atoms with Crippen LogP contribution in [0.4, 0.5) is 0 Å². The molecule has 0 saturated carbocycles. The molecule has 25 heavy (non-hydrogen) atoms. The molecule has 0 saturated heterocycles. The predicted molar refractivity (Wildman–Crippen MR) is 95.5 cm³/mol. The molecule has 0 bridgehead atoms. The summed E-state index contributed by atoms with van der Waals surface area (Å²) in [4.78, 5) is 0.164. The highest BCUT2D eigenvalue weighted by Gasteiger charge is 2.16. The third kappa shape index (κ3) is 6.96. The van der Waals surface area contributed by atoms with E-state index in [0.717, 1.165) is 11.1 Å². The van der Waals surface area contributed by atoms with Crippen molar-refractivity contribution in [2.75, 3.05) is 20.0 Å². The first kappa shape index (κ1) is 19.6. The topological polar surface area (TPSA) is 61.8 Å². The second-order valence-corrected chi connectivity index (χ2v) is 7.59. The maximum atomic E-state index is 12.1.